The predicted octanol–water partition coefficient (Wildman–Crippen LogP) is -0.661. The lowest BCUT2D eigenvalue weighted by molar-refractivity contribution is -0.147. The average molecular weight is 340 g/mol. The lowest BCUT2D eigenvalue weighted by Gasteiger charge is -2.48. The van der Waals surface area contributed by atoms with Crippen LogP contribution in [0.2, 0.25) is 0 Å². The summed E-state index contributed by atoms with van der Waals surface area (Å²) in [6.07, 6.45) is 3.10. The van der Waals surface area contributed by atoms with Crippen molar-refractivity contribution in [3.8, 4) is 0 Å². The molecule has 2 unspecified atom stereocenters. The van der Waals surface area contributed by atoms with E-state index in [9.17, 15) is 19.5 Å². The Kier molecular flexibility index (Phi) is 3.89. The molecule has 2 aliphatic heterocycles. The quantitative estimate of drug-likeness (QED) is 0.621. The Labute approximate surface area is 133 Å². The number of amides is 2. The first-order valence-electron chi connectivity index (χ1n) is 6.34. The van der Waals surface area contributed by atoms with Gasteiger partial charge >= 0.3 is 5.97 Å². The Morgan fingerprint density at radius 2 is 2.27 bits per heavy atom. The van der Waals surface area contributed by atoms with Gasteiger partial charge in [0.2, 0.25) is 11.8 Å². The summed E-state index contributed by atoms with van der Waals surface area (Å²) < 4.78 is 0. The van der Waals surface area contributed by atoms with E-state index in [-0.39, 0.29) is 18.0 Å². The monoisotopic (exact) mass is 340 g/mol. The van der Waals surface area contributed by atoms with Gasteiger partial charge in [0.25, 0.3) is 0 Å². The number of thiazole rings is 1. The van der Waals surface area contributed by atoms with Gasteiger partial charge in [-0.3, -0.25) is 14.5 Å². The molecule has 0 aliphatic carbocycles. The highest BCUT2D eigenvalue weighted by molar-refractivity contribution is 8.00. The largest absolute Gasteiger partial charge is 0.477 e. The second kappa shape index (κ2) is 5.71. The van der Waals surface area contributed by atoms with Crippen LogP contribution in [0.1, 0.15) is 5.01 Å². The van der Waals surface area contributed by atoms with Crippen molar-refractivity contribution >= 4 is 40.9 Å². The van der Waals surface area contributed by atoms with E-state index in [0.717, 1.165) is 4.90 Å². The second-order valence-electron chi connectivity index (χ2n) is 4.71. The fourth-order valence-corrected chi connectivity index (χ4v) is 4.19. The predicted molar refractivity (Wildman–Crippen MR) is 79.7 cm³/mol. The molecule has 3 rings (SSSR count). The smallest absolute Gasteiger partial charge is 0.352 e. The fourth-order valence-electron chi connectivity index (χ4n) is 2.24. The number of thioether (sulfide) groups is 1. The number of nitrogens with two attached hydrogens (primary N) is 1. The molecule has 0 saturated carbocycles. The number of carboxylic acid groups (broad SMARTS) is 1. The zero-order valence-electron chi connectivity index (χ0n) is 11.1. The molecule has 0 aromatic carbocycles. The first kappa shape index (κ1) is 15.0. The van der Waals surface area contributed by atoms with Crippen LogP contribution >= 0.6 is 23.1 Å². The summed E-state index contributed by atoms with van der Waals surface area (Å²) in [5, 5.41) is 13.4. The molecular formula is C12H12N4O4S2. The van der Waals surface area contributed by atoms with Crippen LogP contribution in [0, 0.1) is 0 Å². The van der Waals surface area contributed by atoms with Crippen molar-refractivity contribution in [2.75, 3.05) is 0 Å². The maximum atomic E-state index is 12.0. The fraction of sp³-hybridized carbons (Fsp3) is 0.333. The number of fused-ring (bicyclic) bond motifs is 1. The molecule has 4 N–H and O–H groups in total. The molecule has 0 spiro atoms. The summed E-state index contributed by atoms with van der Waals surface area (Å²) in [6.45, 7) is 0. The van der Waals surface area contributed by atoms with Crippen LogP contribution in [0.25, 0.3) is 0 Å². The zero-order valence-corrected chi connectivity index (χ0v) is 12.8. The molecule has 3 atom stereocenters. The van der Waals surface area contributed by atoms with Crippen LogP contribution in [0.4, 0.5) is 0 Å². The molecule has 0 bridgehead atoms. The molecule has 1 fully saturated rings. The minimum Gasteiger partial charge on any atom is -0.477 e. The third kappa shape index (κ3) is 2.60. The molecular weight excluding hydrogens is 328 g/mol. The third-order valence-electron chi connectivity index (χ3n) is 3.26. The van der Waals surface area contributed by atoms with Crippen molar-refractivity contribution in [1.82, 2.24) is 15.2 Å². The summed E-state index contributed by atoms with van der Waals surface area (Å²) in [5.41, 5.74) is 5.54. The van der Waals surface area contributed by atoms with Gasteiger partial charge in [0.05, 0.1) is 11.8 Å². The number of aromatic nitrogens is 1. The minimum atomic E-state index is -1.22. The Morgan fingerprint density at radius 3 is 2.91 bits per heavy atom. The number of carboxylic acids is 1. The van der Waals surface area contributed by atoms with E-state index < -0.39 is 28.7 Å². The number of hydrogen-bond donors (Lipinski definition) is 3. The molecule has 2 amide bonds. The highest BCUT2D eigenvalue weighted by Crippen LogP contribution is 2.39. The Bertz CT molecular complexity index is 660. The normalized spacial score (nSPS) is 26.8. The van der Waals surface area contributed by atoms with Gasteiger partial charge in [0.1, 0.15) is 22.1 Å². The van der Waals surface area contributed by atoms with Crippen molar-refractivity contribution < 1.29 is 19.5 Å². The van der Waals surface area contributed by atoms with Crippen molar-refractivity contribution in [3.05, 3.63) is 28.4 Å². The van der Waals surface area contributed by atoms with Crippen LogP contribution < -0.4 is 11.1 Å². The van der Waals surface area contributed by atoms with Gasteiger partial charge in [0, 0.05) is 11.6 Å². The minimum absolute atomic E-state index is 0.129. The topological polar surface area (TPSA) is 126 Å². The number of rotatable bonds is 4. The standard InChI is InChI=1S/C12H12N4O4S2/c13-9-10(18)16-5(12(19)20)3-8(22-11(9)16)15-6(17)4-7-14-1-2-21-7/h1-3,8-9,11H,4,13H2,(H,15,17)(H,19,20)/t8?,9?,11-/m1/s1. The molecule has 8 nitrogen and oxygen atoms in total. The highest BCUT2D eigenvalue weighted by Gasteiger charge is 2.52. The summed E-state index contributed by atoms with van der Waals surface area (Å²) >= 11 is 2.62. The van der Waals surface area contributed by atoms with Crippen LogP contribution in [0.5, 0.6) is 0 Å². The third-order valence-corrected chi connectivity index (χ3v) is 5.37. The van der Waals surface area contributed by atoms with E-state index in [1.54, 1.807) is 11.6 Å². The van der Waals surface area contributed by atoms with Gasteiger partial charge in [-0.25, -0.2) is 9.78 Å². The molecule has 2 aliphatic rings. The summed E-state index contributed by atoms with van der Waals surface area (Å²) in [7, 11) is 0. The number of carbonyl (C=O) groups is 3. The average Bonchev–Trinajstić information content (AvgIpc) is 2.98. The van der Waals surface area contributed by atoms with E-state index in [1.807, 2.05) is 0 Å². The number of carbonyl (C=O) groups excluding carboxylic acids is 2. The van der Waals surface area contributed by atoms with Gasteiger partial charge in [-0.1, -0.05) is 0 Å². The SMILES string of the molecule is NC1C(=O)N2C(C(=O)O)=CC(NC(=O)Cc3nccs3)S[C@H]12. The zero-order chi connectivity index (χ0) is 15.9. The Hall–Kier alpha value is -1.91. The summed E-state index contributed by atoms with van der Waals surface area (Å²) in [5.74, 6) is -1.90. The van der Waals surface area contributed by atoms with Gasteiger partial charge in [0.15, 0.2) is 0 Å². The number of nitrogens with zero attached hydrogens (tertiary/aromatic N) is 2. The molecule has 0 radical (unpaired) electrons. The molecule has 10 heteroatoms. The number of aliphatic carboxylic acids is 1. The first-order chi connectivity index (χ1) is 10.5. The first-order valence-corrected chi connectivity index (χ1v) is 8.16. The van der Waals surface area contributed by atoms with Crippen molar-refractivity contribution in [3.63, 3.8) is 0 Å². The van der Waals surface area contributed by atoms with E-state index in [4.69, 9.17) is 5.73 Å². The number of hydrogen-bond acceptors (Lipinski definition) is 7. The maximum Gasteiger partial charge on any atom is 0.352 e. The van der Waals surface area contributed by atoms with Gasteiger partial charge in [-0.2, -0.15) is 0 Å². The van der Waals surface area contributed by atoms with E-state index in [1.165, 1.54) is 29.2 Å². The van der Waals surface area contributed by atoms with Crippen LogP contribution in [-0.4, -0.2) is 49.6 Å². The molecule has 116 valence electrons. The highest BCUT2D eigenvalue weighted by atomic mass is 32.2. The van der Waals surface area contributed by atoms with Crippen LogP contribution in [0.15, 0.2) is 23.3 Å². The second-order valence-corrected chi connectivity index (χ2v) is 6.95. The Morgan fingerprint density at radius 1 is 1.50 bits per heavy atom. The maximum absolute atomic E-state index is 12.0. The lowest BCUT2D eigenvalue weighted by Crippen LogP contribution is -2.69. The molecule has 1 saturated heterocycles. The molecule has 3 heterocycles. The van der Waals surface area contributed by atoms with E-state index in [2.05, 4.69) is 10.3 Å². The van der Waals surface area contributed by atoms with Gasteiger partial charge < -0.3 is 16.2 Å². The van der Waals surface area contributed by atoms with E-state index >= 15 is 0 Å². The van der Waals surface area contributed by atoms with Crippen LogP contribution in [0.3, 0.4) is 0 Å². The Balaban J connectivity index is 1.71. The summed E-state index contributed by atoms with van der Waals surface area (Å²) in [6, 6.07) is -0.744. The van der Waals surface area contributed by atoms with Crippen molar-refractivity contribution in [1.29, 1.82) is 0 Å². The number of β-lactam (4-membered cyclic amide) rings is 1. The van der Waals surface area contributed by atoms with Crippen molar-refractivity contribution in [2.24, 2.45) is 5.73 Å². The molecule has 22 heavy (non-hydrogen) atoms. The lowest BCUT2D eigenvalue weighted by atomic mass is 10.1. The van der Waals surface area contributed by atoms with E-state index in [0.29, 0.717) is 5.01 Å². The molecule has 1 aromatic rings. The van der Waals surface area contributed by atoms with Gasteiger partial charge in [-0.15, -0.1) is 23.1 Å². The number of nitrogens with one attached hydrogen (secondary N) is 1. The van der Waals surface area contributed by atoms with Gasteiger partial charge in [-0.05, 0) is 6.08 Å². The van der Waals surface area contributed by atoms with Crippen LogP contribution in [-0.2, 0) is 20.8 Å². The molecule has 1 aromatic heterocycles. The summed E-state index contributed by atoms with van der Waals surface area (Å²) in [4.78, 5) is 40.0. The van der Waals surface area contributed by atoms with Crippen molar-refractivity contribution in [2.45, 2.75) is 23.2 Å².